The molecule has 5 heteroatoms. The molecule has 1 aliphatic heterocycles. The zero-order chi connectivity index (χ0) is 12.7. The van der Waals surface area contributed by atoms with Gasteiger partial charge in [-0.25, -0.2) is 0 Å². The number of rotatable bonds is 6. The van der Waals surface area contributed by atoms with Crippen LogP contribution in [0.4, 0.5) is 0 Å². The molecule has 0 spiro atoms. The second kappa shape index (κ2) is 6.93. The van der Waals surface area contributed by atoms with Crippen molar-refractivity contribution in [3.05, 3.63) is 0 Å². The van der Waals surface area contributed by atoms with Crippen LogP contribution in [0, 0.1) is 5.41 Å². The van der Waals surface area contributed by atoms with Gasteiger partial charge in [-0.15, -0.1) is 0 Å². The molecular weight excluding hydrogens is 222 g/mol. The summed E-state index contributed by atoms with van der Waals surface area (Å²) in [5.74, 6) is -0.241. The molecule has 1 saturated heterocycles. The first kappa shape index (κ1) is 14.4. The third-order valence-electron chi connectivity index (χ3n) is 3.54. The SMILES string of the molecule is COCCCC1(CO)CCCN(C(=O)CO)C1. The molecule has 1 heterocycles. The van der Waals surface area contributed by atoms with Crippen molar-refractivity contribution in [3.63, 3.8) is 0 Å². The number of nitrogens with zero attached hydrogens (tertiary/aromatic N) is 1. The maximum atomic E-state index is 11.5. The summed E-state index contributed by atoms with van der Waals surface area (Å²) < 4.78 is 5.02. The maximum Gasteiger partial charge on any atom is 0.248 e. The number of carbonyl (C=O) groups excluding carboxylic acids is 1. The van der Waals surface area contributed by atoms with Crippen LogP contribution in [0.15, 0.2) is 0 Å². The molecule has 1 fully saturated rings. The number of likely N-dealkylation sites (tertiary alicyclic amines) is 1. The average Bonchev–Trinajstić information content (AvgIpc) is 2.38. The molecule has 1 unspecified atom stereocenters. The van der Waals surface area contributed by atoms with Crippen LogP contribution < -0.4 is 0 Å². The molecule has 0 saturated carbocycles. The topological polar surface area (TPSA) is 70.0 Å². The van der Waals surface area contributed by atoms with E-state index < -0.39 is 6.61 Å². The summed E-state index contributed by atoms with van der Waals surface area (Å²) in [6, 6.07) is 0. The first-order valence-electron chi connectivity index (χ1n) is 6.16. The number of piperidine rings is 1. The lowest BCUT2D eigenvalue weighted by Gasteiger charge is -2.41. The second-order valence-electron chi connectivity index (χ2n) is 4.83. The van der Waals surface area contributed by atoms with E-state index in [1.54, 1.807) is 12.0 Å². The Morgan fingerprint density at radius 3 is 2.82 bits per heavy atom. The quantitative estimate of drug-likeness (QED) is 0.647. The van der Waals surface area contributed by atoms with Gasteiger partial charge in [0.1, 0.15) is 6.61 Å². The lowest BCUT2D eigenvalue weighted by atomic mass is 9.77. The van der Waals surface area contributed by atoms with Crippen molar-refractivity contribution < 1.29 is 19.7 Å². The third-order valence-corrected chi connectivity index (χ3v) is 3.54. The minimum atomic E-state index is -0.445. The highest BCUT2D eigenvalue weighted by Crippen LogP contribution is 2.34. The molecule has 1 aliphatic rings. The number of methoxy groups -OCH3 is 1. The number of hydrogen-bond acceptors (Lipinski definition) is 4. The average molecular weight is 245 g/mol. The molecule has 0 aromatic heterocycles. The molecule has 0 aromatic rings. The van der Waals surface area contributed by atoms with Gasteiger partial charge in [-0.1, -0.05) is 0 Å². The molecule has 0 radical (unpaired) electrons. The molecule has 5 nitrogen and oxygen atoms in total. The molecule has 0 aromatic carbocycles. The normalized spacial score (nSPS) is 25.0. The predicted molar refractivity (Wildman–Crippen MR) is 63.5 cm³/mol. The van der Waals surface area contributed by atoms with E-state index in [2.05, 4.69) is 0 Å². The van der Waals surface area contributed by atoms with Crippen LogP contribution in [0.2, 0.25) is 0 Å². The van der Waals surface area contributed by atoms with Gasteiger partial charge in [-0.3, -0.25) is 4.79 Å². The van der Waals surface area contributed by atoms with Gasteiger partial charge >= 0.3 is 0 Å². The standard InChI is InChI=1S/C12H23NO4/c1-17-7-3-5-12(10-15)4-2-6-13(9-12)11(16)8-14/h14-15H,2-10H2,1H3. The molecule has 0 bridgehead atoms. The Labute approximate surface area is 102 Å². The zero-order valence-corrected chi connectivity index (χ0v) is 10.5. The number of aliphatic hydroxyl groups excluding tert-OH is 2. The minimum Gasteiger partial charge on any atom is -0.396 e. The Kier molecular flexibility index (Phi) is 5.88. The molecule has 2 N–H and O–H groups in total. The third kappa shape index (κ3) is 3.94. The van der Waals surface area contributed by atoms with Crippen molar-refractivity contribution in [2.24, 2.45) is 5.41 Å². The van der Waals surface area contributed by atoms with E-state index >= 15 is 0 Å². The number of ether oxygens (including phenoxy) is 1. The Hall–Kier alpha value is -0.650. The van der Waals surface area contributed by atoms with Gasteiger partial charge in [-0.05, 0) is 25.7 Å². The van der Waals surface area contributed by atoms with E-state index in [1.165, 1.54) is 0 Å². The first-order valence-corrected chi connectivity index (χ1v) is 6.16. The van der Waals surface area contributed by atoms with E-state index in [-0.39, 0.29) is 17.9 Å². The smallest absolute Gasteiger partial charge is 0.248 e. The van der Waals surface area contributed by atoms with Crippen molar-refractivity contribution in [2.75, 3.05) is 40.0 Å². The summed E-state index contributed by atoms with van der Waals surface area (Å²) in [5, 5.41) is 18.4. The molecule has 1 rings (SSSR count). The van der Waals surface area contributed by atoms with E-state index in [4.69, 9.17) is 9.84 Å². The van der Waals surface area contributed by atoms with Crippen molar-refractivity contribution in [1.82, 2.24) is 4.90 Å². The number of aliphatic hydroxyl groups is 2. The summed E-state index contributed by atoms with van der Waals surface area (Å²) in [4.78, 5) is 13.1. The first-order chi connectivity index (χ1) is 8.17. The molecule has 1 amide bonds. The van der Waals surface area contributed by atoms with Gasteiger partial charge in [0.05, 0.1) is 6.61 Å². The van der Waals surface area contributed by atoms with Crippen molar-refractivity contribution >= 4 is 5.91 Å². The number of carbonyl (C=O) groups is 1. The molecule has 100 valence electrons. The largest absolute Gasteiger partial charge is 0.396 e. The molecule has 1 atom stereocenters. The molecule has 17 heavy (non-hydrogen) atoms. The van der Waals surface area contributed by atoms with Gasteiger partial charge < -0.3 is 19.8 Å². The van der Waals surface area contributed by atoms with Crippen LogP contribution in [0.1, 0.15) is 25.7 Å². The summed E-state index contributed by atoms with van der Waals surface area (Å²) in [7, 11) is 1.66. The molecular formula is C12H23NO4. The van der Waals surface area contributed by atoms with Crippen LogP contribution in [-0.4, -0.2) is 61.0 Å². The highest BCUT2D eigenvalue weighted by atomic mass is 16.5. The van der Waals surface area contributed by atoms with E-state index in [0.29, 0.717) is 19.7 Å². The van der Waals surface area contributed by atoms with Gasteiger partial charge in [-0.2, -0.15) is 0 Å². The monoisotopic (exact) mass is 245 g/mol. The van der Waals surface area contributed by atoms with Gasteiger partial charge in [0.2, 0.25) is 5.91 Å². The number of amides is 1. The van der Waals surface area contributed by atoms with Gasteiger partial charge in [0.25, 0.3) is 0 Å². The van der Waals surface area contributed by atoms with Crippen LogP contribution in [0.25, 0.3) is 0 Å². The van der Waals surface area contributed by atoms with Crippen LogP contribution >= 0.6 is 0 Å². The maximum absolute atomic E-state index is 11.5. The van der Waals surface area contributed by atoms with Crippen LogP contribution in [0.5, 0.6) is 0 Å². The highest BCUT2D eigenvalue weighted by Gasteiger charge is 2.35. The van der Waals surface area contributed by atoms with E-state index in [9.17, 15) is 9.90 Å². The zero-order valence-electron chi connectivity index (χ0n) is 10.5. The van der Waals surface area contributed by atoms with E-state index in [0.717, 1.165) is 25.7 Å². The minimum absolute atomic E-state index is 0.0892. The van der Waals surface area contributed by atoms with Crippen molar-refractivity contribution in [2.45, 2.75) is 25.7 Å². The fourth-order valence-electron chi connectivity index (χ4n) is 2.52. The second-order valence-corrected chi connectivity index (χ2v) is 4.83. The van der Waals surface area contributed by atoms with Crippen molar-refractivity contribution in [1.29, 1.82) is 0 Å². The van der Waals surface area contributed by atoms with Gasteiger partial charge in [0.15, 0.2) is 0 Å². The summed E-state index contributed by atoms with van der Waals surface area (Å²) in [5.41, 5.74) is -0.207. The fourth-order valence-corrected chi connectivity index (χ4v) is 2.52. The highest BCUT2D eigenvalue weighted by molar-refractivity contribution is 5.77. The Morgan fingerprint density at radius 1 is 1.47 bits per heavy atom. The van der Waals surface area contributed by atoms with Gasteiger partial charge in [0, 0.05) is 32.2 Å². The lowest BCUT2D eigenvalue weighted by Crippen LogP contribution is -2.48. The predicted octanol–water partition coefficient (Wildman–Crippen LogP) is 0.00640. The van der Waals surface area contributed by atoms with E-state index in [1.807, 2.05) is 0 Å². The Morgan fingerprint density at radius 2 is 2.24 bits per heavy atom. The lowest BCUT2D eigenvalue weighted by molar-refractivity contribution is -0.138. The Balaban J connectivity index is 2.55. The fraction of sp³-hybridized carbons (Fsp3) is 0.917. The summed E-state index contributed by atoms with van der Waals surface area (Å²) in [6.07, 6.45) is 3.56. The molecule has 0 aliphatic carbocycles. The number of hydrogen-bond donors (Lipinski definition) is 2. The van der Waals surface area contributed by atoms with Crippen molar-refractivity contribution in [3.8, 4) is 0 Å². The van der Waals surface area contributed by atoms with Crippen LogP contribution in [0.3, 0.4) is 0 Å². The summed E-state index contributed by atoms with van der Waals surface area (Å²) >= 11 is 0. The Bertz CT molecular complexity index is 247. The summed E-state index contributed by atoms with van der Waals surface area (Å²) in [6.45, 7) is 1.55. The van der Waals surface area contributed by atoms with Crippen LogP contribution in [-0.2, 0) is 9.53 Å².